The lowest BCUT2D eigenvalue weighted by atomic mass is 10.1. The first kappa shape index (κ1) is 17.2. The first-order valence-corrected chi connectivity index (χ1v) is 6.05. The molecule has 0 aliphatic heterocycles. The minimum absolute atomic E-state index is 0.0128. The van der Waals surface area contributed by atoms with E-state index >= 15 is 0 Å². The van der Waals surface area contributed by atoms with Crippen LogP contribution in [-0.2, 0) is 16.0 Å². The molecule has 0 heterocycles. The average molecular weight is 313 g/mol. The van der Waals surface area contributed by atoms with Crippen molar-refractivity contribution in [3.63, 3.8) is 0 Å². The molecular formula is C12H15N3O7. The van der Waals surface area contributed by atoms with Gasteiger partial charge in [0.25, 0.3) is 0 Å². The van der Waals surface area contributed by atoms with Gasteiger partial charge in [-0.1, -0.05) is 12.1 Å². The molecule has 0 spiro atoms. The second-order valence-corrected chi connectivity index (χ2v) is 4.24. The summed E-state index contributed by atoms with van der Waals surface area (Å²) in [6, 6.07) is 4.39. The van der Waals surface area contributed by atoms with Crippen molar-refractivity contribution in [2.45, 2.75) is 12.5 Å². The number of rotatable bonds is 8. The lowest BCUT2D eigenvalue weighted by Crippen LogP contribution is -2.58. The van der Waals surface area contributed by atoms with E-state index in [2.05, 4.69) is 5.43 Å². The van der Waals surface area contributed by atoms with Crippen LogP contribution < -0.4 is 10.9 Å². The summed E-state index contributed by atoms with van der Waals surface area (Å²) >= 11 is 0. The molecule has 1 aromatic carbocycles. The third kappa shape index (κ3) is 5.64. The number of carbonyl (C=O) groups is 3. The Morgan fingerprint density at radius 2 is 1.68 bits per heavy atom. The lowest BCUT2D eigenvalue weighted by molar-refractivity contribution is -0.141. The minimum atomic E-state index is -1.58. The number of aliphatic carboxylic acids is 2. The van der Waals surface area contributed by atoms with Crippen molar-refractivity contribution in [2.75, 3.05) is 6.54 Å². The summed E-state index contributed by atoms with van der Waals surface area (Å²) in [7, 11) is 0. The van der Waals surface area contributed by atoms with Gasteiger partial charge in [0, 0.05) is 6.42 Å². The van der Waals surface area contributed by atoms with Gasteiger partial charge >= 0.3 is 18.0 Å². The fraction of sp³-hybridized carbons (Fsp3) is 0.250. The predicted molar refractivity (Wildman–Crippen MR) is 71.9 cm³/mol. The number of amides is 1. The van der Waals surface area contributed by atoms with Gasteiger partial charge in [0.15, 0.2) is 0 Å². The van der Waals surface area contributed by atoms with E-state index in [1.54, 1.807) is 0 Å². The Kier molecular flexibility index (Phi) is 6.10. The Balaban J connectivity index is 2.76. The van der Waals surface area contributed by atoms with Crippen LogP contribution in [0.15, 0.2) is 24.3 Å². The van der Waals surface area contributed by atoms with E-state index in [9.17, 15) is 14.4 Å². The van der Waals surface area contributed by atoms with Crippen LogP contribution >= 0.6 is 0 Å². The van der Waals surface area contributed by atoms with E-state index in [1.807, 2.05) is 5.43 Å². The van der Waals surface area contributed by atoms with Gasteiger partial charge < -0.3 is 20.4 Å². The number of carboxylic acid groups (broad SMARTS) is 3. The number of phenols is 1. The average Bonchev–Trinajstić information content (AvgIpc) is 2.43. The maximum Gasteiger partial charge on any atom is 0.437 e. The molecule has 10 nitrogen and oxygen atoms in total. The van der Waals surface area contributed by atoms with Crippen LogP contribution in [0.25, 0.3) is 0 Å². The number of carboxylic acids is 2. The molecule has 1 aromatic rings. The Bertz CT molecular complexity index is 546. The van der Waals surface area contributed by atoms with Gasteiger partial charge in [0.05, 0.1) is 0 Å². The number of hydrogen-bond acceptors (Lipinski definition) is 6. The van der Waals surface area contributed by atoms with Gasteiger partial charge in [-0.15, -0.1) is 0 Å². The van der Waals surface area contributed by atoms with E-state index in [4.69, 9.17) is 20.4 Å². The molecule has 1 atom stereocenters. The molecule has 0 saturated carbocycles. The minimum Gasteiger partial charge on any atom is -0.508 e. The molecule has 0 aliphatic carbocycles. The van der Waals surface area contributed by atoms with Crippen LogP contribution in [0.1, 0.15) is 5.56 Å². The van der Waals surface area contributed by atoms with Crippen LogP contribution in [0.5, 0.6) is 5.75 Å². The second kappa shape index (κ2) is 7.81. The molecule has 1 amide bonds. The zero-order valence-electron chi connectivity index (χ0n) is 11.3. The van der Waals surface area contributed by atoms with Gasteiger partial charge in [-0.2, -0.15) is 10.5 Å². The van der Waals surface area contributed by atoms with Crippen LogP contribution in [0.4, 0.5) is 4.79 Å². The van der Waals surface area contributed by atoms with Crippen molar-refractivity contribution in [3.05, 3.63) is 29.8 Å². The van der Waals surface area contributed by atoms with E-state index in [-0.39, 0.29) is 17.3 Å². The molecule has 6 N–H and O–H groups in total. The number of hydrogen-bond donors (Lipinski definition) is 6. The highest BCUT2D eigenvalue weighted by molar-refractivity contribution is 5.75. The summed E-state index contributed by atoms with van der Waals surface area (Å²) in [4.78, 5) is 32.6. The first-order valence-electron chi connectivity index (χ1n) is 6.05. The van der Waals surface area contributed by atoms with Gasteiger partial charge in [0.2, 0.25) is 0 Å². The molecule has 0 aliphatic rings. The Labute approximate surface area is 124 Å². The topological polar surface area (TPSA) is 159 Å². The molecule has 0 radical (unpaired) electrons. The van der Waals surface area contributed by atoms with Crippen molar-refractivity contribution in [2.24, 2.45) is 0 Å². The quantitative estimate of drug-likeness (QED) is 0.346. The van der Waals surface area contributed by atoms with Crippen LogP contribution in [-0.4, -0.2) is 56.2 Å². The number of nitrogens with zero attached hydrogens (tertiary/aromatic N) is 1. The standard InChI is InChI=1S/C12H15N3O7/c16-8-3-1-7(2-4-8)5-9(11(19)20)14-15(12(21)22)13-6-10(17)18/h1-4,9,13-14,16H,5-6H2,(H,17,18)(H,19,20)(H,21,22)/t9-/m0/s1. The molecule has 0 bridgehead atoms. The van der Waals surface area contributed by atoms with E-state index in [1.165, 1.54) is 24.3 Å². The molecule has 0 unspecified atom stereocenters. The number of benzene rings is 1. The number of nitrogens with one attached hydrogen (secondary N) is 2. The summed E-state index contributed by atoms with van der Waals surface area (Å²) in [5.74, 6) is -2.62. The van der Waals surface area contributed by atoms with Crippen molar-refractivity contribution < 1.29 is 34.8 Å². The van der Waals surface area contributed by atoms with Crippen LogP contribution in [0.3, 0.4) is 0 Å². The number of phenolic OH excluding ortho intramolecular Hbond substituents is 1. The predicted octanol–water partition coefficient (Wildman–Crippen LogP) is -0.538. The summed E-state index contributed by atoms with van der Waals surface area (Å²) in [6.45, 7) is -0.704. The fourth-order valence-corrected chi connectivity index (χ4v) is 1.53. The van der Waals surface area contributed by atoms with Crippen LogP contribution in [0.2, 0.25) is 0 Å². The van der Waals surface area contributed by atoms with E-state index in [0.717, 1.165) is 0 Å². The maximum absolute atomic E-state index is 11.2. The summed E-state index contributed by atoms with van der Waals surface area (Å²) < 4.78 is 0. The molecule has 1 rings (SSSR count). The van der Waals surface area contributed by atoms with Gasteiger partial charge in [0.1, 0.15) is 18.3 Å². The third-order valence-corrected chi connectivity index (χ3v) is 2.54. The summed E-state index contributed by atoms with van der Waals surface area (Å²) in [5, 5.41) is 36.0. The summed E-state index contributed by atoms with van der Waals surface area (Å²) in [5.41, 5.74) is 4.73. The lowest BCUT2D eigenvalue weighted by Gasteiger charge is -2.24. The highest BCUT2D eigenvalue weighted by Crippen LogP contribution is 2.11. The third-order valence-electron chi connectivity index (χ3n) is 2.54. The first-order chi connectivity index (χ1) is 10.3. The molecule has 0 fully saturated rings. The van der Waals surface area contributed by atoms with Gasteiger partial charge in [-0.25, -0.2) is 10.2 Å². The normalized spacial score (nSPS) is 11.6. The Morgan fingerprint density at radius 3 is 2.14 bits per heavy atom. The maximum atomic E-state index is 11.2. The van der Waals surface area contributed by atoms with Crippen molar-refractivity contribution >= 4 is 18.0 Å². The monoisotopic (exact) mass is 313 g/mol. The molecule has 0 aromatic heterocycles. The molecule has 10 heteroatoms. The highest BCUT2D eigenvalue weighted by atomic mass is 16.4. The van der Waals surface area contributed by atoms with E-state index in [0.29, 0.717) is 5.56 Å². The molecule has 120 valence electrons. The SMILES string of the molecule is O=C(O)CNN(N[C@@H](Cc1ccc(O)cc1)C(=O)O)C(=O)O. The highest BCUT2D eigenvalue weighted by Gasteiger charge is 2.24. The Hall–Kier alpha value is -2.85. The van der Waals surface area contributed by atoms with Crippen molar-refractivity contribution in [1.29, 1.82) is 0 Å². The molecule has 22 heavy (non-hydrogen) atoms. The smallest absolute Gasteiger partial charge is 0.437 e. The van der Waals surface area contributed by atoms with Crippen molar-refractivity contribution in [3.8, 4) is 5.75 Å². The second-order valence-electron chi connectivity index (χ2n) is 4.24. The van der Waals surface area contributed by atoms with E-state index < -0.39 is 30.6 Å². The Morgan fingerprint density at radius 1 is 1.09 bits per heavy atom. The van der Waals surface area contributed by atoms with Gasteiger partial charge in [-0.3, -0.25) is 9.59 Å². The largest absolute Gasteiger partial charge is 0.508 e. The van der Waals surface area contributed by atoms with Gasteiger partial charge in [-0.05, 0) is 17.7 Å². The fourth-order valence-electron chi connectivity index (χ4n) is 1.53. The number of hydrazine groups is 2. The van der Waals surface area contributed by atoms with Crippen molar-refractivity contribution in [1.82, 2.24) is 16.0 Å². The molecule has 0 saturated heterocycles. The zero-order valence-corrected chi connectivity index (χ0v) is 11.3. The summed E-state index contributed by atoms with van der Waals surface area (Å²) in [6.07, 6.45) is -1.66. The zero-order chi connectivity index (χ0) is 16.7. The number of aromatic hydroxyl groups is 1. The van der Waals surface area contributed by atoms with Crippen LogP contribution in [0, 0.1) is 0 Å². The molecular weight excluding hydrogens is 298 g/mol.